The number of nitrogens with one attached hydrogen (secondary N) is 2. The molecule has 0 radical (unpaired) electrons. The van der Waals surface area contributed by atoms with Crippen molar-refractivity contribution in [1.29, 1.82) is 0 Å². The second-order valence-electron chi connectivity index (χ2n) is 7.98. The predicted octanol–water partition coefficient (Wildman–Crippen LogP) is 4.31. The first-order chi connectivity index (χ1) is 16.5. The summed E-state index contributed by atoms with van der Waals surface area (Å²) in [4.78, 5) is 37.0. The molecule has 1 aliphatic heterocycles. The third-order valence-corrected chi connectivity index (χ3v) is 7.73. The number of thiazole rings is 1. The van der Waals surface area contributed by atoms with Gasteiger partial charge in [-0.05, 0) is 41.7 Å². The Morgan fingerprint density at radius 2 is 1.79 bits per heavy atom. The summed E-state index contributed by atoms with van der Waals surface area (Å²) >= 11 is 3.20. The molecule has 5 rings (SSSR count). The number of carbonyl (C=O) groups excluding carboxylic acids is 2. The fourth-order valence-electron chi connectivity index (χ4n) is 3.86. The second kappa shape index (κ2) is 9.82. The van der Waals surface area contributed by atoms with Crippen LogP contribution in [-0.2, 0) is 4.79 Å². The van der Waals surface area contributed by atoms with Gasteiger partial charge in [0.15, 0.2) is 0 Å². The van der Waals surface area contributed by atoms with Crippen LogP contribution in [0.2, 0.25) is 0 Å². The fraction of sp³-hybridized carbons (Fsp3) is 0.200. The number of H-pyrrole nitrogens is 1. The quantitative estimate of drug-likeness (QED) is 0.451. The largest absolute Gasteiger partial charge is 0.339 e. The Labute approximate surface area is 205 Å². The highest BCUT2D eigenvalue weighted by atomic mass is 32.2. The van der Waals surface area contributed by atoms with Gasteiger partial charge in [-0.15, -0.1) is 0 Å². The van der Waals surface area contributed by atoms with E-state index in [4.69, 9.17) is 0 Å². The number of anilines is 2. The summed E-state index contributed by atoms with van der Waals surface area (Å²) in [6.45, 7) is 3.87. The molecular formula is C25H24N5O2S2+. The second-order valence-corrected chi connectivity index (χ2v) is 10.4. The van der Waals surface area contributed by atoms with Gasteiger partial charge in [0, 0.05) is 55.0 Å². The molecule has 172 valence electrons. The van der Waals surface area contributed by atoms with Gasteiger partial charge in [-0.1, -0.05) is 36.0 Å². The molecule has 1 saturated heterocycles. The number of aromatic amines is 1. The minimum absolute atomic E-state index is 0.00753. The number of nitrogens with zero attached hydrogens (tertiary/aromatic N) is 3. The SMILES string of the molecule is CC(=O)N1CCN(C(=O)c2cccc(Sc3c[nH+]c(Nc4ccc5ccccc5n4)s3)c2)CC1. The molecule has 2 aromatic carbocycles. The van der Waals surface area contributed by atoms with E-state index in [1.165, 1.54) is 0 Å². The Morgan fingerprint density at radius 3 is 2.62 bits per heavy atom. The number of fused-ring (bicyclic) bond motifs is 1. The van der Waals surface area contributed by atoms with Crippen molar-refractivity contribution in [2.45, 2.75) is 16.0 Å². The van der Waals surface area contributed by atoms with Crippen molar-refractivity contribution in [2.75, 3.05) is 31.5 Å². The number of rotatable bonds is 5. The van der Waals surface area contributed by atoms with Crippen LogP contribution < -0.4 is 10.3 Å². The molecule has 0 saturated carbocycles. The van der Waals surface area contributed by atoms with Crippen LogP contribution in [0.4, 0.5) is 10.9 Å². The van der Waals surface area contributed by atoms with Crippen molar-refractivity contribution in [3.05, 3.63) is 72.4 Å². The highest BCUT2D eigenvalue weighted by Crippen LogP contribution is 2.33. The van der Waals surface area contributed by atoms with Gasteiger partial charge in [-0.25, -0.2) is 15.3 Å². The number of para-hydroxylation sites is 1. The monoisotopic (exact) mass is 490 g/mol. The smallest absolute Gasteiger partial charge is 0.339 e. The number of pyridine rings is 1. The summed E-state index contributed by atoms with van der Waals surface area (Å²) < 4.78 is 1.07. The van der Waals surface area contributed by atoms with Crippen LogP contribution in [-0.4, -0.2) is 52.8 Å². The van der Waals surface area contributed by atoms with Gasteiger partial charge in [-0.3, -0.25) is 9.59 Å². The van der Waals surface area contributed by atoms with Gasteiger partial charge < -0.3 is 9.80 Å². The summed E-state index contributed by atoms with van der Waals surface area (Å²) in [6, 6.07) is 19.8. The molecule has 3 heterocycles. The number of carbonyl (C=O) groups is 2. The normalized spacial score (nSPS) is 13.8. The third-order valence-electron chi connectivity index (χ3n) is 5.68. The van der Waals surface area contributed by atoms with Gasteiger partial charge in [0.25, 0.3) is 5.91 Å². The summed E-state index contributed by atoms with van der Waals surface area (Å²) in [5.74, 6) is 0.849. The Morgan fingerprint density at radius 1 is 1.00 bits per heavy atom. The molecule has 9 heteroatoms. The number of amides is 2. The topological polar surface area (TPSA) is 79.7 Å². The van der Waals surface area contributed by atoms with Crippen molar-refractivity contribution < 1.29 is 14.6 Å². The lowest BCUT2D eigenvalue weighted by molar-refractivity contribution is -0.356. The van der Waals surface area contributed by atoms with Gasteiger partial charge >= 0.3 is 5.13 Å². The number of aromatic nitrogens is 2. The average molecular weight is 491 g/mol. The third kappa shape index (κ3) is 5.05. The van der Waals surface area contributed by atoms with Crippen LogP contribution >= 0.6 is 23.1 Å². The Kier molecular flexibility index (Phi) is 6.46. The fourth-order valence-corrected chi connectivity index (χ4v) is 5.84. The van der Waals surface area contributed by atoms with E-state index in [9.17, 15) is 9.59 Å². The highest BCUT2D eigenvalue weighted by molar-refractivity contribution is 8.01. The standard InChI is InChI=1S/C25H23N5O2S2/c1-17(31)29-11-13-30(14-12-29)24(32)19-6-4-7-20(15-19)33-23-16-26-25(34-23)28-22-10-9-18-5-2-3-8-21(18)27-22/h2-10,15-16H,11-14H2,1H3,(H,26,27,28)/p+1. The van der Waals surface area contributed by atoms with Crippen molar-refractivity contribution >= 4 is 56.8 Å². The molecule has 1 fully saturated rings. The molecule has 7 nitrogen and oxygen atoms in total. The molecule has 0 unspecified atom stereocenters. The zero-order chi connectivity index (χ0) is 23.5. The Hall–Kier alpha value is -3.43. The molecule has 0 bridgehead atoms. The number of hydrogen-bond acceptors (Lipinski definition) is 6. The van der Waals surface area contributed by atoms with E-state index in [1.807, 2.05) is 65.7 Å². The van der Waals surface area contributed by atoms with E-state index in [2.05, 4.69) is 21.4 Å². The molecule has 1 aliphatic rings. The van der Waals surface area contributed by atoms with E-state index < -0.39 is 0 Å². The van der Waals surface area contributed by atoms with E-state index in [0.29, 0.717) is 31.7 Å². The van der Waals surface area contributed by atoms with E-state index in [-0.39, 0.29) is 11.8 Å². The van der Waals surface area contributed by atoms with Crippen molar-refractivity contribution in [2.24, 2.45) is 0 Å². The van der Waals surface area contributed by atoms with Crippen LogP contribution in [0.5, 0.6) is 0 Å². The maximum Gasteiger partial charge on any atom is 0.339 e. The molecule has 2 N–H and O–H groups in total. The summed E-state index contributed by atoms with van der Waals surface area (Å²) in [5.41, 5.74) is 1.61. The van der Waals surface area contributed by atoms with Gasteiger partial charge in [0.2, 0.25) is 11.7 Å². The molecule has 2 amide bonds. The summed E-state index contributed by atoms with van der Waals surface area (Å²) in [7, 11) is 0. The van der Waals surface area contributed by atoms with Crippen LogP contribution in [0.1, 0.15) is 17.3 Å². The first kappa shape index (κ1) is 22.4. The first-order valence-corrected chi connectivity index (χ1v) is 12.7. The van der Waals surface area contributed by atoms with E-state index >= 15 is 0 Å². The van der Waals surface area contributed by atoms with E-state index in [1.54, 1.807) is 34.9 Å². The molecule has 4 aromatic rings. The van der Waals surface area contributed by atoms with Crippen LogP contribution in [0.3, 0.4) is 0 Å². The van der Waals surface area contributed by atoms with Crippen LogP contribution in [0.25, 0.3) is 10.9 Å². The Balaban J connectivity index is 1.23. The zero-order valence-electron chi connectivity index (χ0n) is 18.7. The molecule has 0 aliphatic carbocycles. The van der Waals surface area contributed by atoms with Crippen LogP contribution in [0.15, 0.2) is 76.0 Å². The lowest BCUT2D eigenvalue weighted by Gasteiger charge is -2.34. The highest BCUT2D eigenvalue weighted by Gasteiger charge is 2.23. The lowest BCUT2D eigenvalue weighted by Crippen LogP contribution is -2.50. The number of hydrogen-bond donors (Lipinski definition) is 1. The van der Waals surface area contributed by atoms with Crippen molar-refractivity contribution in [1.82, 2.24) is 14.8 Å². The minimum Gasteiger partial charge on any atom is -0.339 e. The Bertz CT molecular complexity index is 1350. The lowest BCUT2D eigenvalue weighted by atomic mass is 10.2. The molecule has 0 atom stereocenters. The zero-order valence-corrected chi connectivity index (χ0v) is 20.3. The number of benzene rings is 2. The van der Waals surface area contributed by atoms with Gasteiger partial charge in [0.05, 0.1) is 5.52 Å². The maximum atomic E-state index is 13.0. The van der Waals surface area contributed by atoms with E-state index in [0.717, 1.165) is 31.0 Å². The average Bonchev–Trinajstić information content (AvgIpc) is 3.30. The van der Waals surface area contributed by atoms with Crippen molar-refractivity contribution in [3.63, 3.8) is 0 Å². The van der Waals surface area contributed by atoms with Crippen molar-refractivity contribution in [3.8, 4) is 0 Å². The molecule has 34 heavy (non-hydrogen) atoms. The maximum absolute atomic E-state index is 13.0. The molecular weight excluding hydrogens is 466 g/mol. The summed E-state index contributed by atoms with van der Waals surface area (Å²) in [6.07, 6.45) is 1.95. The number of piperazine rings is 1. The minimum atomic E-state index is 0.00753. The van der Waals surface area contributed by atoms with Gasteiger partial charge in [0.1, 0.15) is 10.4 Å². The van der Waals surface area contributed by atoms with Gasteiger partial charge in [-0.2, -0.15) is 0 Å². The first-order valence-electron chi connectivity index (χ1n) is 11.0. The predicted molar refractivity (Wildman–Crippen MR) is 135 cm³/mol. The van der Waals surface area contributed by atoms with Crippen LogP contribution in [0, 0.1) is 0 Å². The summed E-state index contributed by atoms with van der Waals surface area (Å²) in [5, 5.41) is 5.33. The molecule has 2 aromatic heterocycles. The molecule has 0 spiro atoms.